The Balaban J connectivity index is 0.993. The van der Waals surface area contributed by atoms with Crippen molar-refractivity contribution in [1.29, 1.82) is 0 Å². The first-order valence-electron chi connectivity index (χ1n) is 20.6. The number of allylic oxidation sites excluding steroid dienone is 4. The van der Waals surface area contributed by atoms with Crippen LogP contribution in [0.15, 0.2) is 169 Å². The second kappa shape index (κ2) is 11.4. The summed E-state index contributed by atoms with van der Waals surface area (Å²) in [6, 6.07) is 55.2. The summed E-state index contributed by atoms with van der Waals surface area (Å²) in [5, 5.41) is 5.11. The summed E-state index contributed by atoms with van der Waals surface area (Å²) in [6.45, 7) is 11.9. The van der Waals surface area contributed by atoms with Crippen LogP contribution in [0.1, 0.15) is 62.8 Å². The van der Waals surface area contributed by atoms with Gasteiger partial charge in [0.25, 0.3) is 0 Å². The van der Waals surface area contributed by atoms with E-state index in [2.05, 4.69) is 208 Å². The van der Waals surface area contributed by atoms with Crippen LogP contribution in [0.2, 0.25) is 0 Å². The van der Waals surface area contributed by atoms with E-state index in [4.69, 9.17) is 0 Å². The molecule has 0 fully saturated rings. The number of benzene rings is 7. The number of hydrogen-bond donors (Lipinski definition) is 0. The number of rotatable bonds is 3. The Bertz CT molecular complexity index is 3260. The van der Waals surface area contributed by atoms with Gasteiger partial charge in [0.05, 0.1) is 22.1 Å². The zero-order chi connectivity index (χ0) is 38.4. The Morgan fingerprint density at radius 1 is 0.456 bits per heavy atom. The molecular formula is C55H44N2. The summed E-state index contributed by atoms with van der Waals surface area (Å²) >= 11 is 0. The number of aromatic nitrogens is 2. The largest absolute Gasteiger partial charge is 0.309 e. The van der Waals surface area contributed by atoms with E-state index in [-0.39, 0.29) is 10.8 Å². The molecule has 3 aliphatic rings. The third-order valence-corrected chi connectivity index (χ3v) is 14.1. The van der Waals surface area contributed by atoms with E-state index in [1.54, 1.807) is 5.57 Å². The fraction of sp³-hybridized carbons (Fsp3) is 0.164. The van der Waals surface area contributed by atoms with Crippen LogP contribution in [-0.4, -0.2) is 9.13 Å². The molecule has 0 N–H and O–H groups in total. The van der Waals surface area contributed by atoms with Gasteiger partial charge in [0, 0.05) is 49.7 Å². The molecule has 0 amide bonds. The standard InChI is InChI=1S/C55H44N2/c1-33-13-12-18-46-53(33)42-26-24-37(32-48(42)55(46,4)5)57-50-20-11-8-16-41(50)44-30-35(22-28-52(44)57)34-21-27-51-43(29-34)40-15-7-10-19-49(40)56(51)36-23-25-39-38-14-6-9-17-45(38)54(2,3)47(39)31-36/h6-33,53H,1-5H3. The van der Waals surface area contributed by atoms with Gasteiger partial charge < -0.3 is 9.13 Å². The van der Waals surface area contributed by atoms with Gasteiger partial charge in [-0.25, -0.2) is 0 Å². The average molecular weight is 733 g/mol. The fourth-order valence-corrected chi connectivity index (χ4v) is 11.2. The molecule has 0 bridgehead atoms. The smallest absolute Gasteiger partial charge is 0.0541 e. The molecule has 0 saturated carbocycles. The summed E-state index contributed by atoms with van der Waals surface area (Å²) in [5.74, 6) is 0.961. The molecule has 0 spiro atoms. The molecule has 12 rings (SSSR count). The molecule has 2 atom stereocenters. The van der Waals surface area contributed by atoms with E-state index in [1.807, 2.05) is 0 Å². The summed E-state index contributed by atoms with van der Waals surface area (Å²) in [7, 11) is 0. The van der Waals surface area contributed by atoms with Crippen LogP contribution in [0.3, 0.4) is 0 Å². The molecule has 2 heterocycles. The van der Waals surface area contributed by atoms with Crippen molar-refractivity contribution in [2.75, 3.05) is 0 Å². The maximum absolute atomic E-state index is 2.48. The maximum Gasteiger partial charge on any atom is 0.0541 e. The summed E-state index contributed by atoms with van der Waals surface area (Å²) in [4.78, 5) is 0. The van der Waals surface area contributed by atoms with Crippen LogP contribution in [0.4, 0.5) is 0 Å². The third-order valence-electron chi connectivity index (χ3n) is 14.1. The molecule has 0 radical (unpaired) electrons. The first-order chi connectivity index (χ1) is 27.7. The highest BCUT2D eigenvalue weighted by molar-refractivity contribution is 6.12. The Morgan fingerprint density at radius 2 is 1.00 bits per heavy atom. The molecule has 2 heteroatoms. The minimum atomic E-state index is -0.0560. The van der Waals surface area contributed by atoms with E-state index in [1.165, 1.54) is 99.5 Å². The topological polar surface area (TPSA) is 9.86 Å². The highest BCUT2D eigenvalue weighted by Gasteiger charge is 2.44. The van der Waals surface area contributed by atoms with Gasteiger partial charge in [-0.15, -0.1) is 0 Å². The Labute approximate surface area is 334 Å². The number of para-hydroxylation sites is 2. The second-order valence-corrected chi connectivity index (χ2v) is 17.8. The SMILES string of the molecule is CC1C=CC=C2C1c1ccc(-n3c4ccccc4c4cc(-c5ccc6c(c5)c5ccccc5n6-c5ccc6c(c5)C(C)(C)c5ccccc5-6)ccc43)cc1C2(C)C. The van der Waals surface area contributed by atoms with Crippen molar-refractivity contribution in [3.8, 4) is 33.6 Å². The lowest BCUT2D eigenvalue weighted by molar-refractivity contribution is 0.551. The van der Waals surface area contributed by atoms with Crippen molar-refractivity contribution < 1.29 is 0 Å². The van der Waals surface area contributed by atoms with Gasteiger partial charge in [0.2, 0.25) is 0 Å². The Kier molecular flexibility index (Phi) is 6.54. The fourth-order valence-electron chi connectivity index (χ4n) is 11.2. The lowest BCUT2D eigenvalue weighted by atomic mass is 9.76. The van der Waals surface area contributed by atoms with Gasteiger partial charge in [-0.3, -0.25) is 0 Å². The van der Waals surface area contributed by atoms with Crippen LogP contribution >= 0.6 is 0 Å². The number of nitrogens with zero attached hydrogens (tertiary/aromatic N) is 2. The molecular weight excluding hydrogens is 689 g/mol. The van der Waals surface area contributed by atoms with Crippen molar-refractivity contribution >= 4 is 43.6 Å². The second-order valence-electron chi connectivity index (χ2n) is 17.8. The molecule has 2 nitrogen and oxygen atoms in total. The van der Waals surface area contributed by atoms with Crippen LogP contribution in [-0.2, 0) is 10.8 Å². The van der Waals surface area contributed by atoms with E-state index in [9.17, 15) is 0 Å². The number of fused-ring (bicyclic) bond motifs is 12. The average Bonchev–Trinajstić information content (AvgIpc) is 3.89. The first-order valence-corrected chi connectivity index (χ1v) is 20.6. The first kappa shape index (κ1) is 32.8. The van der Waals surface area contributed by atoms with Gasteiger partial charge in [0.1, 0.15) is 0 Å². The third kappa shape index (κ3) is 4.36. The van der Waals surface area contributed by atoms with E-state index < -0.39 is 0 Å². The Hall–Kier alpha value is -6.38. The molecule has 274 valence electrons. The summed E-state index contributed by atoms with van der Waals surface area (Å²) in [6.07, 6.45) is 7.00. The molecule has 7 aromatic carbocycles. The molecule has 0 aliphatic heterocycles. The van der Waals surface area contributed by atoms with Crippen molar-refractivity contribution in [2.45, 2.75) is 51.4 Å². The van der Waals surface area contributed by atoms with Crippen LogP contribution < -0.4 is 0 Å². The van der Waals surface area contributed by atoms with Gasteiger partial charge in [-0.05, 0) is 111 Å². The lowest BCUT2D eigenvalue weighted by Gasteiger charge is -2.28. The van der Waals surface area contributed by atoms with Crippen LogP contribution in [0.5, 0.6) is 0 Å². The van der Waals surface area contributed by atoms with Gasteiger partial charge >= 0.3 is 0 Å². The Morgan fingerprint density at radius 3 is 1.67 bits per heavy atom. The predicted octanol–water partition coefficient (Wildman–Crippen LogP) is 14.4. The van der Waals surface area contributed by atoms with Gasteiger partial charge in [0.15, 0.2) is 0 Å². The van der Waals surface area contributed by atoms with Crippen molar-refractivity contribution in [2.24, 2.45) is 5.92 Å². The molecule has 57 heavy (non-hydrogen) atoms. The van der Waals surface area contributed by atoms with Crippen molar-refractivity contribution in [3.63, 3.8) is 0 Å². The maximum atomic E-state index is 2.48. The van der Waals surface area contributed by atoms with Gasteiger partial charge in [-0.1, -0.05) is 143 Å². The van der Waals surface area contributed by atoms with Gasteiger partial charge in [-0.2, -0.15) is 0 Å². The van der Waals surface area contributed by atoms with E-state index in [0.29, 0.717) is 11.8 Å². The molecule has 2 unspecified atom stereocenters. The zero-order valence-electron chi connectivity index (χ0n) is 33.1. The summed E-state index contributed by atoms with van der Waals surface area (Å²) in [5.41, 5.74) is 19.8. The molecule has 0 saturated heterocycles. The summed E-state index contributed by atoms with van der Waals surface area (Å²) < 4.78 is 4.95. The minimum Gasteiger partial charge on any atom is -0.309 e. The normalized spacial score (nSPS) is 18.6. The number of hydrogen-bond acceptors (Lipinski definition) is 0. The predicted molar refractivity (Wildman–Crippen MR) is 240 cm³/mol. The highest BCUT2D eigenvalue weighted by Crippen LogP contribution is 2.55. The molecule has 2 aromatic heterocycles. The van der Waals surface area contributed by atoms with Crippen LogP contribution in [0.25, 0.3) is 77.2 Å². The van der Waals surface area contributed by atoms with Crippen LogP contribution in [0, 0.1) is 5.92 Å². The quantitative estimate of drug-likeness (QED) is 0.171. The highest BCUT2D eigenvalue weighted by atomic mass is 15.0. The molecule has 9 aromatic rings. The molecule has 3 aliphatic carbocycles. The monoisotopic (exact) mass is 732 g/mol. The van der Waals surface area contributed by atoms with Crippen molar-refractivity contribution in [3.05, 3.63) is 192 Å². The van der Waals surface area contributed by atoms with Crippen molar-refractivity contribution in [1.82, 2.24) is 9.13 Å². The van der Waals surface area contributed by atoms with E-state index >= 15 is 0 Å². The lowest BCUT2D eigenvalue weighted by Crippen LogP contribution is -2.19. The zero-order valence-corrected chi connectivity index (χ0v) is 33.1. The minimum absolute atomic E-state index is 0.00822. The van der Waals surface area contributed by atoms with E-state index in [0.717, 1.165) is 0 Å².